The molecule has 0 atom stereocenters. The number of anilines is 1. The molecule has 0 aliphatic carbocycles. The number of nitrogens with one attached hydrogen (secondary N) is 1. The molecule has 0 fully saturated rings. The molecule has 3 rings (SSSR count). The fraction of sp³-hybridized carbons (Fsp3) is 0.105. The van der Waals surface area contributed by atoms with Crippen LogP contribution in [0.2, 0.25) is 5.02 Å². The molecule has 0 spiro atoms. The summed E-state index contributed by atoms with van der Waals surface area (Å²) < 4.78 is 6.72. The molecule has 2 N–H and O–H groups in total. The highest BCUT2D eigenvalue weighted by Gasteiger charge is 2.18. The fourth-order valence-corrected chi connectivity index (χ4v) is 2.84. The first-order chi connectivity index (χ1) is 14.3. The SMILES string of the molecule is Cn1ncc(NC(=O)c2ccc(COc3ccc([N+](=O)[O-])cc3Cl)cc2)c1C(=O)O. The standard InChI is InChI=1S/C19H15ClN4O6/c1-23-17(19(26)27)15(9-21-23)22-18(25)12-4-2-11(3-5-12)10-30-16-7-6-13(24(28)29)8-14(16)20/h2-9H,10H2,1H3,(H,22,25)(H,26,27). The van der Waals surface area contributed by atoms with Gasteiger partial charge in [-0.3, -0.25) is 19.6 Å². The lowest BCUT2D eigenvalue weighted by Gasteiger charge is -2.09. The third-order valence-corrected chi connectivity index (χ3v) is 4.42. The predicted octanol–water partition coefficient (Wildman–Crippen LogP) is 3.51. The van der Waals surface area contributed by atoms with Crippen LogP contribution in [-0.4, -0.2) is 31.7 Å². The van der Waals surface area contributed by atoms with E-state index in [1.165, 1.54) is 31.4 Å². The second-order valence-corrected chi connectivity index (χ2v) is 6.55. The van der Waals surface area contributed by atoms with Gasteiger partial charge in [0.15, 0.2) is 5.69 Å². The molecule has 0 aliphatic heterocycles. The smallest absolute Gasteiger partial charge is 0.356 e. The number of hydrogen-bond donors (Lipinski definition) is 2. The largest absolute Gasteiger partial charge is 0.487 e. The molecule has 1 heterocycles. The van der Waals surface area contributed by atoms with Crippen molar-refractivity contribution < 1.29 is 24.4 Å². The number of halogens is 1. The van der Waals surface area contributed by atoms with Crippen molar-refractivity contribution in [3.05, 3.63) is 80.6 Å². The Balaban J connectivity index is 1.64. The number of nitrogens with zero attached hydrogens (tertiary/aromatic N) is 3. The Kier molecular flexibility index (Phi) is 5.98. The van der Waals surface area contributed by atoms with Crippen LogP contribution in [0.4, 0.5) is 11.4 Å². The number of carboxylic acids is 1. The molecule has 0 bridgehead atoms. The van der Waals surface area contributed by atoms with Crippen molar-refractivity contribution in [1.29, 1.82) is 0 Å². The Labute approximate surface area is 174 Å². The van der Waals surface area contributed by atoms with Gasteiger partial charge >= 0.3 is 5.97 Å². The zero-order valence-electron chi connectivity index (χ0n) is 15.5. The maximum absolute atomic E-state index is 12.4. The maximum atomic E-state index is 12.4. The average Bonchev–Trinajstić information content (AvgIpc) is 3.07. The minimum atomic E-state index is -1.21. The zero-order chi connectivity index (χ0) is 21.8. The van der Waals surface area contributed by atoms with Crippen LogP contribution in [0.15, 0.2) is 48.7 Å². The van der Waals surface area contributed by atoms with Gasteiger partial charge in [0.1, 0.15) is 12.4 Å². The van der Waals surface area contributed by atoms with Gasteiger partial charge in [-0.1, -0.05) is 23.7 Å². The molecular formula is C19H15ClN4O6. The minimum Gasteiger partial charge on any atom is -0.487 e. The molecule has 11 heteroatoms. The van der Waals surface area contributed by atoms with Crippen molar-refractivity contribution in [1.82, 2.24) is 9.78 Å². The second kappa shape index (κ2) is 8.62. The van der Waals surface area contributed by atoms with Gasteiger partial charge < -0.3 is 15.2 Å². The average molecular weight is 431 g/mol. The van der Waals surface area contributed by atoms with E-state index in [9.17, 15) is 24.8 Å². The minimum absolute atomic E-state index is 0.0928. The maximum Gasteiger partial charge on any atom is 0.356 e. The van der Waals surface area contributed by atoms with Crippen LogP contribution >= 0.6 is 11.6 Å². The molecule has 3 aromatic rings. The van der Waals surface area contributed by atoms with E-state index in [0.29, 0.717) is 11.3 Å². The Hall–Kier alpha value is -3.92. The summed E-state index contributed by atoms with van der Waals surface area (Å²) in [6.45, 7) is 0.130. The zero-order valence-corrected chi connectivity index (χ0v) is 16.3. The molecule has 0 saturated carbocycles. The highest BCUT2D eigenvalue weighted by molar-refractivity contribution is 6.32. The number of ether oxygens (including phenoxy) is 1. The molecule has 0 radical (unpaired) electrons. The summed E-state index contributed by atoms with van der Waals surface area (Å²) in [6.07, 6.45) is 1.26. The number of nitro groups is 1. The van der Waals surface area contributed by atoms with E-state index in [0.717, 1.165) is 10.2 Å². The van der Waals surface area contributed by atoms with Gasteiger partial charge in [0.25, 0.3) is 11.6 Å². The topological polar surface area (TPSA) is 137 Å². The Morgan fingerprint density at radius 2 is 1.97 bits per heavy atom. The third-order valence-electron chi connectivity index (χ3n) is 4.13. The van der Waals surface area contributed by atoms with Crippen molar-refractivity contribution in [2.45, 2.75) is 6.61 Å². The highest BCUT2D eigenvalue weighted by Crippen LogP contribution is 2.29. The quantitative estimate of drug-likeness (QED) is 0.432. The normalized spacial score (nSPS) is 10.5. The van der Waals surface area contributed by atoms with Crippen LogP contribution in [0.1, 0.15) is 26.4 Å². The number of aromatic nitrogens is 2. The number of amides is 1. The Morgan fingerprint density at radius 1 is 1.27 bits per heavy atom. The predicted molar refractivity (Wildman–Crippen MR) is 107 cm³/mol. The van der Waals surface area contributed by atoms with E-state index in [2.05, 4.69) is 10.4 Å². The first kappa shape index (κ1) is 20.8. The number of carboxylic acid groups (broad SMARTS) is 1. The van der Waals surface area contributed by atoms with Crippen LogP contribution in [0.25, 0.3) is 0 Å². The van der Waals surface area contributed by atoms with Crippen molar-refractivity contribution in [2.24, 2.45) is 7.05 Å². The molecule has 2 aromatic carbocycles. The number of rotatable bonds is 7. The molecule has 0 saturated heterocycles. The Morgan fingerprint density at radius 3 is 2.57 bits per heavy atom. The van der Waals surface area contributed by atoms with Gasteiger partial charge in [0.05, 0.1) is 21.8 Å². The van der Waals surface area contributed by atoms with E-state index in [1.807, 2.05) is 0 Å². The summed E-state index contributed by atoms with van der Waals surface area (Å²) in [6, 6.07) is 10.3. The van der Waals surface area contributed by atoms with Gasteiger partial charge in [0.2, 0.25) is 0 Å². The summed E-state index contributed by atoms with van der Waals surface area (Å²) in [4.78, 5) is 33.8. The number of nitro benzene ring substituents is 1. The number of benzene rings is 2. The summed E-state index contributed by atoms with van der Waals surface area (Å²) in [7, 11) is 1.46. The van der Waals surface area contributed by atoms with Gasteiger partial charge in [-0.2, -0.15) is 5.10 Å². The third kappa shape index (κ3) is 4.55. The molecule has 0 aliphatic rings. The molecule has 30 heavy (non-hydrogen) atoms. The van der Waals surface area contributed by atoms with Crippen LogP contribution < -0.4 is 10.1 Å². The molecule has 10 nitrogen and oxygen atoms in total. The number of aryl methyl sites for hydroxylation is 1. The van der Waals surface area contributed by atoms with Crippen LogP contribution in [0.3, 0.4) is 0 Å². The van der Waals surface area contributed by atoms with E-state index < -0.39 is 16.8 Å². The first-order valence-electron chi connectivity index (χ1n) is 8.48. The van der Waals surface area contributed by atoms with Crippen molar-refractivity contribution in [3.63, 3.8) is 0 Å². The molecule has 1 amide bonds. The lowest BCUT2D eigenvalue weighted by atomic mass is 10.1. The lowest BCUT2D eigenvalue weighted by Crippen LogP contribution is -2.15. The van der Waals surface area contributed by atoms with Crippen molar-refractivity contribution in [2.75, 3.05) is 5.32 Å². The van der Waals surface area contributed by atoms with Crippen LogP contribution in [0, 0.1) is 10.1 Å². The lowest BCUT2D eigenvalue weighted by molar-refractivity contribution is -0.384. The summed E-state index contributed by atoms with van der Waals surface area (Å²) in [5.74, 6) is -1.40. The summed E-state index contributed by atoms with van der Waals surface area (Å²) in [5.41, 5.74) is 0.867. The van der Waals surface area contributed by atoms with E-state index in [4.69, 9.17) is 16.3 Å². The summed E-state index contributed by atoms with van der Waals surface area (Å²) in [5, 5.41) is 26.4. The number of non-ortho nitro benzene ring substituents is 1. The molecule has 154 valence electrons. The van der Waals surface area contributed by atoms with E-state index in [1.54, 1.807) is 24.3 Å². The monoisotopic (exact) mass is 430 g/mol. The van der Waals surface area contributed by atoms with E-state index >= 15 is 0 Å². The van der Waals surface area contributed by atoms with Crippen molar-refractivity contribution in [3.8, 4) is 5.75 Å². The second-order valence-electron chi connectivity index (χ2n) is 6.15. The number of carbonyl (C=O) groups excluding carboxylic acids is 1. The van der Waals surface area contributed by atoms with Gasteiger partial charge in [-0.25, -0.2) is 4.79 Å². The number of aromatic carboxylic acids is 1. The van der Waals surface area contributed by atoms with Crippen LogP contribution in [0.5, 0.6) is 5.75 Å². The highest BCUT2D eigenvalue weighted by atomic mass is 35.5. The van der Waals surface area contributed by atoms with Gasteiger partial charge in [-0.15, -0.1) is 0 Å². The first-order valence-corrected chi connectivity index (χ1v) is 8.86. The van der Waals surface area contributed by atoms with Crippen LogP contribution in [-0.2, 0) is 13.7 Å². The molecular weight excluding hydrogens is 416 g/mol. The fourth-order valence-electron chi connectivity index (χ4n) is 2.61. The number of carbonyl (C=O) groups is 2. The Bertz CT molecular complexity index is 1130. The van der Waals surface area contributed by atoms with Gasteiger partial charge in [0, 0.05) is 24.7 Å². The van der Waals surface area contributed by atoms with E-state index in [-0.39, 0.29) is 28.7 Å². The van der Waals surface area contributed by atoms with Gasteiger partial charge in [-0.05, 0) is 23.8 Å². The summed E-state index contributed by atoms with van der Waals surface area (Å²) >= 11 is 5.99. The molecule has 0 unspecified atom stereocenters. The number of hydrogen-bond acceptors (Lipinski definition) is 6. The molecule has 1 aromatic heterocycles. The van der Waals surface area contributed by atoms with Crippen molar-refractivity contribution >= 4 is 34.9 Å².